The molecule has 0 unspecified atom stereocenters. The number of hydrogen-bond donors (Lipinski definition) is 2. The van der Waals surface area contributed by atoms with Crippen LogP contribution in [0.4, 0.5) is 5.82 Å². The Hall–Kier alpha value is -0.940. The summed E-state index contributed by atoms with van der Waals surface area (Å²) in [4.78, 5) is 15.1. The molecule has 6 heteroatoms. The zero-order valence-electron chi connectivity index (χ0n) is 10.2. The molecule has 0 radical (unpaired) electrons. The SMILES string of the molecule is CSC1(CNc2ncc(C(N)=O)cc2Cl)CCC1. The Bertz CT molecular complexity index is 457. The maximum Gasteiger partial charge on any atom is 0.250 e. The number of nitrogens with one attached hydrogen (secondary N) is 1. The van der Waals surface area contributed by atoms with Gasteiger partial charge in [-0.25, -0.2) is 4.98 Å². The van der Waals surface area contributed by atoms with Crippen molar-refractivity contribution in [3.63, 3.8) is 0 Å². The molecule has 1 amide bonds. The summed E-state index contributed by atoms with van der Waals surface area (Å²) in [6.07, 6.45) is 7.30. The molecular formula is C12H16ClN3OS. The Labute approximate surface area is 116 Å². The van der Waals surface area contributed by atoms with E-state index in [4.69, 9.17) is 17.3 Å². The van der Waals surface area contributed by atoms with Gasteiger partial charge in [-0.2, -0.15) is 11.8 Å². The van der Waals surface area contributed by atoms with E-state index in [-0.39, 0.29) is 0 Å². The summed E-state index contributed by atoms with van der Waals surface area (Å²) in [7, 11) is 0. The molecule has 1 aromatic heterocycles. The molecule has 1 aliphatic rings. The maximum absolute atomic E-state index is 11.0. The molecule has 4 nitrogen and oxygen atoms in total. The van der Waals surface area contributed by atoms with E-state index >= 15 is 0 Å². The number of amides is 1. The summed E-state index contributed by atoms with van der Waals surface area (Å²) in [5.74, 6) is 0.0949. The number of rotatable bonds is 5. The molecule has 0 bridgehead atoms. The largest absolute Gasteiger partial charge is 0.367 e. The van der Waals surface area contributed by atoms with Gasteiger partial charge in [0, 0.05) is 17.5 Å². The van der Waals surface area contributed by atoms with Gasteiger partial charge in [-0.15, -0.1) is 0 Å². The molecule has 3 N–H and O–H groups in total. The Kier molecular flexibility index (Phi) is 4.02. The minimum absolute atomic E-state index is 0.313. The highest BCUT2D eigenvalue weighted by Gasteiger charge is 2.35. The van der Waals surface area contributed by atoms with Crippen LogP contribution in [0.3, 0.4) is 0 Å². The molecule has 1 aromatic rings. The van der Waals surface area contributed by atoms with Crippen molar-refractivity contribution < 1.29 is 4.79 Å². The molecule has 1 fully saturated rings. The van der Waals surface area contributed by atoms with Crippen LogP contribution in [0.2, 0.25) is 5.02 Å². The number of nitrogens with zero attached hydrogens (tertiary/aromatic N) is 1. The molecule has 1 heterocycles. The number of primary amides is 1. The van der Waals surface area contributed by atoms with Crippen LogP contribution in [0.25, 0.3) is 0 Å². The van der Waals surface area contributed by atoms with Gasteiger partial charge in [0.25, 0.3) is 0 Å². The van der Waals surface area contributed by atoms with Crippen LogP contribution in [0.5, 0.6) is 0 Å². The Morgan fingerprint density at radius 1 is 1.67 bits per heavy atom. The lowest BCUT2D eigenvalue weighted by atomic mass is 9.84. The number of thioether (sulfide) groups is 1. The van der Waals surface area contributed by atoms with Crippen LogP contribution in [0.1, 0.15) is 29.6 Å². The van der Waals surface area contributed by atoms with E-state index in [0.717, 1.165) is 6.54 Å². The molecule has 1 saturated carbocycles. The van der Waals surface area contributed by atoms with Gasteiger partial charge in [0.1, 0.15) is 5.82 Å². The molecule has 1 aliphatic carbocycles. The van der Waals surface area contributed by atoms with Gasteiger partial charge in [-0.05, 0) is 25.2 Å². The standard InChI is InChI=1S/C12H16ClN3OS/c1-18-12(3-2-4-12)7-16-11-9(13)5-8(6-15-11)10(14)17/h5-6H,2-4,7H2,1H3,(H2,14,17)(H,15,16). The molecule has 0 atom stereocenters. The first-order valence-electron chi connectivity index (χ1n) is 5.81. The second-order valence-electron chi connectivity index (χ2n) is 4.51. The maximum atomic E-state index is 11.0. The highest BCUT2D eigenvalue weighted by molar-refractivity contribution is 8.00. The fraction of sp³-hybridized carbons (Fsp3) is 0.500. The third-order valence-electron chi connectivity index (χ3n) is 3.40. The first kappa shape index (κ1) is 13.5. The fourth-order valence-corrected chi connectivity index (χ4v) is 3.12. The zero-order valence-corrected chi connectivity index (χ0v) is 11.8. The van der Waals surface area contributed by atoms with Gasteiger partial charge in [-0.3, -0.25) is 4.79 Å². The lowest BCUT2D eigenvalue weighted by Gasteiger charge is -2.40. The van der Waals surface area contributed by atoms with E-state index in [1.54, 1.807) is 6.07 Å². The molecule has 0 saturated heterocycles. The number of halogens is 1. The second-order valence-corrected chi connectivity index (χ2v) is 6.19. The Balaban J connectivity index is 2.03. The summed E-state index contributed by atoms with van der Waals surface area (Å²) in [5.41, 5.74) is 5.49. The number of carbonyl (C=O) groups excluding carboxylic acids is 1. The molecule has 98 valence electrons. The van der Waals surface area contributed by atoms with Crippen LogP contribution in [-0.4, -0.2) is 28.4 Å². The second kappa shape index (κ2) is 5.36. The minimum Gasteiger partial charge on any atom is -0.367 e. The highest BCUT2D eigenvalue weighted by atomic mass is 35.5. The van der Waals surface area contributed by atoms with E-state index in [1.807, 2.05) is 11.8 Å². The smallest absolute Gasteiger partial charge is 0.250 e. The molecule has 18 heavy (non-hydrogen) atoms. The predicted octanol–water partition coefficient (Wildman–Crippen LogP) is 2.53. The third-order valence-corrected chi connectivity index (χ3v) is 5.11. The van der Waals surface area contributed by atoms with E-state index in [9.17, 15) is 4.79 Å². The van der Waals surface area contributed by atoms with E-state index in [2.05, 4.69) is 16.6 Å². The van der Waals surface area contributed by atoms with Crippen molar-refractivity contribution in [3.05, 3.63) is 22.8 Å². The van der Waals surface area contributed by atoms with Crippen molar-refractivity contribution in [1.29, 1.82) is 0 Å². The molecule has 0 spiro atoms. The monoisotopic (exact) mass is 285 g/mol. The highest BCUT2D eigenvalue weighted by Crippen LogP contribution is 2.42. The van der Waals surface area contributed by atoms with Crippen LogP contribution < -0.4 is 11.1 Å². The summed E-state index contributed by atoms with van der Waals surface area (Å²) < 4.78 is 0.313. The average molecular weight is 286 g/mol. The number of aromatic nitrogens is 1. The van der Waals surface area contributed by atoms with E-state index in [0.29, 0.717) is 21.2 Å². The summed E-state index contributed by atoms with van der Waals surface area (Å²) in [6, 6.07) is 1.55. The first-order chi connectivity index (χ1) is 8.56. The van der Waals surface area contributed by atoms with Crippen molar-refractivity contribution in [2.75, 3.05) is 18.1 Å². The number of anilines is 1. The molecule has 2 rings (SSSR count). The van der Waals surface area contributed by atoms with Crippen molar-refractivity contribution in [2.24, 2.45) is 5.73 Å². The van der Waals surface area contributed by atoms with Crippen LogP contribution >= 0.6 is 23.4 Å². The van der Waals surface area contributed by atoms with Gasteiger partial charge in [-0.1, -0.05) is 18.0 Å². The number of carbonyl (C=O) groups is 1. The van der Waals surface area contributed by atoms with E-state index < -0.39 is 5.91 Å². The van der Waals surface area contributed by atoms with Crippen LogP contribution in [0, 0.1) is 0 Å². The quantitative estimate of drug-likeness (QED) is 0.872. The molecule has 0 aliphatic heterocycles. The average Bonchev–Trinajstić information content (AvgIpc) is 2.29. The van der Waals surface area contributed by atoms with Gasteiger partial charge < -0.3 is 11.1 Å². The molecule has 0 aromatic carbocycles. The zero-order chi connectivity index (χ0) is 13.2. The molecular weight excluding hydrogens is 270 g/mol. The number of hydrogen-bond acceptors (Lipinski definition) is 4. The fourth-order valence-electron chi connectivity index (χ4n) is 1.97. The van der Waals surface area contributed by atoms with E-state index in [1.165, 1.54) is 25.5 Å². The Morgan fingerprint density at radius 2 is 2.39 bits per heavy atom. The summed E-state index contributed by atoms with van der Waals surface area (Å²) in [5, 5.41) is 3.69. The first-order valence-corrected chi connectivity index (χ1v) is 7.41. The third kappa shape index (κ3) is 2.72. The lowest BCUT2D eigenvalue weighted by molar-refractivity contribution is 0.1000. The predicted molar refractivity (Wildman–Crippen MR) is 76.4 cm³/mol. The van der Waals surface area contributed by atoms with Gasteiger partial charge in [0.05, 0.1) is 10.6 Å². The topological polar surface area (TPSA) is 68.0 Å². The van der Waals surface area contributed by atoms with Gasteiger partial charge in [0.15, 0.2) is 0 Å². The van der Waals surface area contributed by atoms with Crippen molar-refractivity contribution in [1.82, 2.24) is 4.98 Å². The number of nitrogens with two attached hydrogens (primary N) is 1. The normalized spacial score (nSPS) is 17.0. The lowest BCUT2D eigenvalue weighted by Crippen LogP contribution is -2.40. The summed E-state index contributed by atoms with van der Waals surface area (Å²) >= 11 is 7.95. The summed E-state index contributed by atoms with van der Waals surface area (Å²) in [6.45, 7) is 0.844. The van der Waals surface area contributed by atoms with Gasteiger partial charge in [0.2, 0.25) is 5.91 Å². The van der Waals surface area contributed by atoms with Crippen LogP contribution in [0.15, 0.2) is 12.3 Å². The Morgan fingerprint density at radius 3 is 2.83 bits per heavy atom. The van der Waals surface area contributed by atoms with Gasteiger partial charge >= 0.3 is 0 Å². The van der Waals surface area contributed by atoms with Crippen LogP contribution in [-0.2, 0) is 0 Å². The minimum atomic E-state index is -0.518. The van der Waals surface area contributed by atoms with Crippen molar-refractivity contribution in [3.8, 4) is 0 Å². The van der Waals surface area contributed by atoms with Crippen molar-refractivity contribution in [2.45, 2.75) is 24.0 Å². The van der Waals surface area contributed by atoms with Crippen molar-refractivity contribution >= 4 is 35.1 Å². The number of pyridine rings is 1.